The predicted molar refractivity (Wildman–Crippen MR) is 236 cm³/mol. The molecule has 0 aliphatic rings. The normalized spacial score (nSPS) is 11.6. The van der Waals surface area contributed by atoms with E-state index in [9.17, 15) is 15.8 Å². The van der Waals surface area contributed by atoms with E-state index in [1.807, 2.05) is 102 Å². The molecule has 0 N–H and O–H groups in total. The summed E-state index contributed by atoms with van der Waals surface area (Å²) in [6, 6.07) is 54.1. The standard InChI is InChI=1S/C52H24N6O2/c1-56-43-23-46(58-45-15-7-3-11-33(45)39-22-41-35-13-5-9-17-50(35)60-52(41)25-48(39)58)30(27-54)19-37(43)36-20-31(18-29(26-53)42(36)28-55)57-44-14-6-2-10-32(44)38-21-40-34-12-4-8-16-49(34)59-51(40)24-47(38)57/h2-25H. The molecule has 8 heteroatoms. The van der Waals surface area contributed by atoms with Crippen molar-refractivity contribution < 1.29 is 8.83 Å². The molecule has 8 aromatic carbocycles. The number of hydrogen-bond donors (Lipinski definition) is 0. The SMILES string of the molecule is [C-]#[N+]c1cc(-n2c3ccccc3c3cc4c(cc32)oc2ccccc24)c(C#N)cc1-c1cc(-n2c3ccccc3c3cc4c(cc32)oc2ccccc24)cc(C#N)c1C#N. The Hall–Kier alpha value is -9.08. The van der Waals surface area contributed by atoms with E-state index in [0.717, 1.165) is 81.9 Å². The van der Waals surface area contributed by atoms with E-state index >= 15 is 0 Å². The number of benzene rings is 8. The Balaban J connectivity index is 1.12. The number of hydrogen-bond acceptors (Lipinski definition) is 5. The van der Waals surface area contributed by atoms with Crippen LogP contribution in [0.4, 0.5) is 5.69 Å². The number of fused-ring (bicyclic) bond motifs is 12. The minimum absolute atomic E-state index is 0.118. The Morgan fingerprint density at radius 2 is 0.967 bits per heavy atom. The van der Waals surface area contributed by atoms with Gasteiger partial charge >= 0.3 is 0 Å². The van der Waals surface area contributed by atoms with Gasteiger partial charge in [0.25, 0.3) is 0 Å². The molecule has 4 heterocycles. The van der Waals surface area contributed by atoms with Gasteiger partial charge in [-0.05, 0) is 71.8 Å². The fourth-order valence-corrected chi connectivity index (χ4v) is 9.25. The molecule has 8 nitrogen and oxygen atoms in total. The zero-order valence-electron chi connectivity index (χ0n) is 31.4. The van der Waals surface area contributed by atoms with E-state index in [1.165, 1.54) is 0 Å². The third kappa shape index (κ3) is 4.45. The number of nitriles is 3. The zero-order valence-corrected chi connectivity index (χ0v) is 31.4. The summed E-state index contributed by atoms with van der Waals surface area (Å²) in [7, 11) is 0. The van der Waals surface area contributed by atoms with Gasteiger partial charge in [0.1, 0.15) is 40.5 Å². The third-order valence-electron chi connectivity index (χ3n) is 11.8. The van der Waals surface area contributed by atoms with Gasteiger partial charge in [-0.2, -0.15) is 15.8 Å². The number of furan rings is 2. The van der Waals surface area contributed by atoms with Crippen LogP contribution in [-0.4, -0.2) is 9.13 Å². The third-order valence-corrected chi connectivity index (χ3v) is 11.8. The molecule has 12 aromatic rings. The highest BCUT2D eigenvalue weighted by atomic mass is 16.3. The van der Waals surface area contributed by atoms with Gasteiger partial charge < -0.3 is 18.0 Å². The van der Waals surface area contributed by atoms with Crippen molar-refractivity contribution in [2.45, 2.75) is 0 Å². The van der Waals surface area contributed by atoms with Gasteiger partial charge in [0.15, 0.2) is 5.69 Å². The van der Waals surface area contributed by atoms with Gasteiger partial charge in [0, 0.05) is 60.9 Å². The molecule has 4 aromatic heterocycles. The zero-order chi connectivity index (χ0) is 40.2. The summed E-state index contributed by atoms with van der Waals surface area (Å²) in [5.74, 6) is 0. The topological polar surface area (TPSA) is 112 Å². The van der Waals surface area contributed by atoms with Crippen molar-refractivity contribution in [3.8, 4) is 40.7 Å². The molecule has 0 atom stereocenters. The first-order valence-electron chi connectivity index (χ1n) is 19.2. The summed E-state index contributed by atoms with van der Waals surface area (Å²) in [6.07, 6.45) is 0. The van der Waals surface area contributed by atoms with Crippen LogP contribution in [0.5, 0.6) is 0 Å². The maximum Gasteiger partial charge on any atom is 0.197 e. The summed E-state index contributed by atoms with van der Waals surface area (Å²) < 4.78 is 16.7. The number of nitrogens with zero attached hydrogens (tertiary/aromatic N) is 6. The van der Waals surface area contributed by atoms with E-state index in [0.29, 0.717) is 33.6 Å². The van der Waals surface area contributed by atoms with Crippen molar-refractivity contribution >= 4 is 93.2 Å². The molecule has 0 spiro atoms. The summed E-state index contributed by atoms with van der Waals surface area (Å²) in [6.45, 7) is 8.49. The second kappa shape index (κ2) is 12.2. The van der Waals surface area contributed by atoms with Crippen molar-refractivity contribution in [3.05, 3.63) is 174 Å². The molecule has 0 saturated carbocycles. The van der Waals surface area contributed by atoms with Gasteiger partial charge in [0.2, 0.25) is 0 Å². The molecule has 0 aliphatic heterocycles. The first-order valence-corrected chi connectivity index (χ1v) is 19.2. The summed E-state index contributed by atoms with van der Waals surface area (Å²) in [4.78, 5) is 4.01. The Morgan fingerprint density at radius 3 is 1.53 bits per heavy atom. The van der Waals surface area contributed by atoms with Gasteiger partial charge in [-0.3, -0.25) is 0 Å². The van der Waals surface area contributed by atoms with Crippen LogP contribution < -0.4 is 0 Å². The van der Waals surface area contributed by atoms with Crippen molar-refractivity contribution in [3.63, 3.8) is 0 Å². The highest BCUT2D eigenvalue weighted by Gasteiger charge is 2.24. The van der Waals surface area contributed by atoms with E-state index in [-0.39, 0.29) is 16.8 Å². The Kier molecular flexibility index (Phi) is 6.73. The summed E-state index contributed by atoms with van der Waals surface area (Å²) in [5, 5.41) is 40.1. The van der Waals surface area contributed by atoms with E-state index in [1.54, 1.807) is 18.2 Å². The van der Waals surface area contributed by atoms with Crippen LogP contribution in [0, 0.1) is 40.6 Å². The van der Waals surface area contributed by atoms with Crippen molar-refractivity contribution in [2.24, 2.45) is 0 Å². The molecule has 0 bridgehead atoms. The highest BCUT2D eigenvalue weighted by Crippen LogP contribution is 2.44. The second-order valence-corrected chi connectivity index (χ2v) is 14.9. The van der Waals surface area contributed by atoms with Crippen molar-refractivity contribution in [1.82, 2.24) is 9.13 Å². The smallest absolute Gasteiger partial charge is 0.197 e. The molecule has 0 fully saturated rings. The summed E-state index contributed by atoms with van der Waals surface area (Å²) in [5.41, 5.74) is 9.10. The maximum atomic E-state index is 10.9. The first kappa shape index (κ1) is 33.1. The molecule has 0 aliphatic carbocycles. The van der Waals surface area contributed by atoms with Crippen LogP contribution in [0.1, 0.15) is 16.7 Å². The molecule has 0 radical (unpaired) electrons. The van der Waals surface area contributed by atoms with Gasteiger partial charge in [0.05, 0.1) is 51.0 Å². The van der Waals surface area contributed by atoms with Crippen LogP contribution in [0.15, 0.2) is 154 Å². The minimum atomic E-state index is 0.118. The van der Waals surface area contributed by atoms with Crippen molar-refractivity contribution in [2.75, 3.05) is 0 Å². The number of aromatic nitrogens is 2. The molecule has 274 valence electrons. The minimum Gasteiger partial charge on any atom is -0.456 e. The highest BCUT2D eigenvalue weighted by molar-refractivity contribution is 6.19. The maximum absolute atomic E-state index is 10.9. The quantitative estimate of drug-likeness (QED) is 0.166. The molecule has 0 saturated heterocycles. The van der Waals surface area contributed by atoms with Crippen LogP contribution in [0.3, 0.4) is 0 Å². The largest absolute Gasteiger partial charge is 0.456 e. The Morgan fingerprint density at radius 1 is 0.433 bits per heavy atom. The average Bonchev–Trinajstić information content (AvgIpc) is 4.03. The average molecular weight is 765 g/mol. The van der Waals surface area contributed by atoms with Crippen LogP contribution in [0.2, 0.25) is 0 Å². The monoisotopic (exact) mass is 764 g/mol. The molecule has 60 heavy (non-hydrogen) atoms. The lowest BCUT2D eigenvalue weighted by Gasteiger charge is -2.17. The molecule has 12 rings (SSSR count). The Bertz CT molecular complexity index is 4070. The number of rotatable bonds is 3. The lowest BCUT2D eigenvalue weighted by Crippen LogP contribution is -2.01. The fourth-order valence-electron chi connectivity index (χ4n) is 9.25. The predicted octanol–water partition coefficient (Wildman–Crippen LogP) is 13.5. The first-order chi connectivity index (χ1) is 29.6. The lowest BCUT2D eigenvalue weighted by molar-refractivity contribution is 0.669. The van der Waals surface area contributed by atoms with E-state index in [2.05, 4.69) is 58.0 Å². The van der Waals surface area contributed by atoms with Crippen molar-refractivity contribution in [1.29, 1.82) is 15.8 Å². The van der Waals surface area contributed by atoms with E-state index < -0.39 is 0 Å². The Labute approximate surface area is 340 Å². The van der Waals surface area contributed by atoms with Crippen LogP contribution >= 0.6 is 0 Å². The number of para-hydroxylation sites is 4. The van der Waals surface area contributed by atoms with Crippen LogP contribution in [0.25, 0.3) is 115 Å². The van der Waals surface area contributed by atoms with Crippen LogP contribution in [-0.2, 0) is 0 Å². The molecular weight excluding hydrogens is 741 g/mol. The fraction of sp³-hybridized carbons (Fsp3) is 0. The molecular formula is C52H24N6O2. The molecule has 0 unspecified atom stereocenters. The summed E-state index contributed by atoms with van der Waals surface area (Å²) >= 11 is 0. The van der Waals surface area contributed by atoms with Gasteiger partial charge in [-0.1, -0.05) is 72.8 Å². The lowest BCUT2D eigenvalue weighted by atomic mass is 9.92. The molecule has 0 amide bonds. The second-order valence-electron chi connectivity index (χ2n) is 14.9. The van der Waals surface area contributed by atoms with E-state index in [4.69, 9.17) is 15.4 Å². The van der Waals surface area contributed by atoms with Gasteiger partial charge in [-0.15, -0.1) is 0 Å². The van der Waals surface area contributed by atoms with Gasteiger partial charge in [-0.25, -0.2) is 4.85 Å².